The van der Waals surface area contributed by atoms with Gasteiger partial charge in [0.2, 0.25) is 0 Å². The molecule has 0 atom stereocenters. The van der Waals surface area contributed by atoms with Gasteiger partial charge in [-0.3, -0.25) is 0 Å². The summed E-state index contributed by atoms with van der Waals surface area (Å²) >= 11 is 1.87. The number of para-hydroxylation sites is 1. The number of benzene rings is 10. The lowest BCUT2D eigenvalue weighted by Gasteiger charge is -2.29. The van der Waals surface area contributed by atoms with Gasteiger partial charge in [0.05, 0.1) is 16.1 Å². The molecule has 0 aliphatic rings. The molecule has 0 spiro atoms. The van der Waals surface area contributed by atoms with Crippen LogP contribution in [-0.4, -0.2) is 0 Å². The van der Waals surface area contributed by atoms with Gasteiger partial charge in [-0.15, -0.1) is 11.3 Å². The predicted octanol–water partition coefficient (Wildman–Crippen LogP) is 16.0. The third-order valence-electron chi connectivity index (χ3n) is 11.3. The zero-order valence-corrected chi connectivity index (χ0v) is 31.4. The van der Waals surface area contributed by atoms with Crippen molar-refractivity contribution in [3.05, 3.63) is 212 Å². The molecule has 0 aliphatic heterocycles. The summed E-state index contributed by atoms with van der Waals surface area (Å²) in [6.45, 7) is 0. The van der Waals surface area contributed by atoms with Gasteiger partial charge in [-0.2, -0.15) is 0 Å². The second-order valence-corrected chi connectivity index (χ2v) is 15.5. The summed E-state index contributed by atoms with van der Waals surface area (Å²) in [5, 5.41) is 10.1. The molecule has 1 heterocycles. The molecule has 0 amide bonds. The average molecular weight is 730 g/mol. The van der Waals surface area contributed by atoms with E-state index in [9.17, 15) is 0 Å². The largest absolute Gasteiger partial charge is 0.308 e. The Morgan fingerprint density at radius 3 is 1.84 bits per heavy atom. The van der Waals surface area contributed by atoms with Gasteiger partial charge in [-0.1, -0.05) is 182 Å². The second-order valence-electron chi connectivity index (χ2n) is 14.4. The molecular formula is C54H35NS. The van der Waals surface area contributed by atoms with E-state index in [0.717, 1.165) is 11.4 Å². The van der Waals surface area contributed by atoms with Gasteiger partial charge in [0.25, 0.3) is 0 Å². The molecule has 0 N–H and O–H groups in total. The monoisotopic (exact) mass is 729 g/mol. The van der Waals surface area contributed by atoms with Crippen LogP contribution in [-0.2, 0) is 0 Å². The maximum atomic E-state index is 2.50. The number of nitrogens with zero attached hydrogens (tertiary/aromatic N) is 1. The molecule has 56 heavy (non-hydrogen) atoms. The summed E-state index contributed by atoms with van der Waals surface area (Å²) < 4.78 is 2.56. The summed E-state index contributed by atoms with van der Waals surface area (Å²) in [6, 6.07) is 77.8. The Morgan fingerprint density at radius 2 is 0.929 bits per heavy atom. The number of hydrogen-bond donors (Lipinski definition) is 0. The maximum Gasteiger partial charge on any atom is 0.0640 e. The summed E-state index contributed by atoms with van der Waals surface area (Å²) in [6.07, 6.45) is 0. The molecule has 0 unspecified atom stereocenters. The van der Waals surface area contributed by atoms with Crippen molar-refractivity contribution < 1.29 is 0 Å². The van der Waals surface area contributed by atoms with Crippen molar-refractivity contribution in [1.29, 1.82) is 0 Å². The first kappa shape index (κ1) is 32.4. The van der Waals surface area contributed by atoms with Crippen molar-refractivity contribution in [3.8, 4) is 33.4 Å². The Morgan fingerprint density at radius 1 is 0.321 bits per heavy atom. The molecule has 0 saturated heterocycles. The first-order valence-electron chi connectivity index (χ1n) is 19.2. The van der Waals surface area contributed by atoms with E-state index in [-0.39, 0.29) is 0 Å². The van der Waals surface area contributed by atoms with E-state index in [2.05, 4.69) is 217 Å². The van der Waals surface area contributed by atoms with Crippen molar-refractivity contribution >= 4 is 80.9 Å². The van der Waals surface area contributed by atoms with Crippen LogP contribution in [0, 0.1) is 0 Å². The first-order valence-corrected chi connectivity index (χ1v) is 20.0. The van der Waals surface area contributed by atoms with E-state index in [1.54, 1.807) is 0 Å². The van der Waals surface area contributed by atoms with Crippen molar-refractivity contribution in [2.24, 2.45) is 0 Å². The Balaban J connectivity index is 1.18. The molecule has 11 rings (SSSR count). The summed E-state index contributed by atoms with van der Waals surface area (Å²) in [5.41, 5.74) is 10.7. The Hall–Kier alpha value is -7.00. The fourth-order valence-corrected chi connectivity index (χ4v) is 9.95. The van der Waals surface area contributed by atoms with Crippen LogP contribution >= 0.6 is 11.3 Å². The molecule has 0 saturated carbocycles. The van der Waals surface area contributed by atoms with E-state index in [1.807, 2.05) is 11.3 Å². The van der Waals surface area contributed by atoms with Gasteiger partial charge in [0.1, 0.15) is 0 Å². The summed E-state index contributed by atoms with van der Waals surface area (Å²) in [4.78, 5) is 2.50. The molecule has 0 bridgehead atoms. The molecule has 1 aromatic heterocycles. The van der Waals surface area contributed by atoms with Gasteiger partial charge in [-0.25, -0.2) is 0 Å². The Kier molecular flexibility index (Phi) is 7.75. The summed E-state index contributed by atoms with van der Waals surface area (Å²) in [7, 11) is 0. The SMILES string of the molecule is c1ccc(-c2cccc3cccc(-c4ccccc4N(c4cccc(-c5cccc6c5ccc5ccccc56)c4)c4cccc5c4sc4ccccc45)c23)cc1. The molecule has 1 nitrogen and oxygen atoms in total. The van der Waals surface area contributed by atoms with Crippen LogP contribution in [0.25, 0.3) is 85.9 Å². The highest BCUT2D eigenvalue weighted by atomic mass is 32.1. The topological polar surface area (TPSA) is 3.24 Å². The summed E-state index contributed by atoms with van der Waals surface area (Å²) in [5.74, 6) is 0. The van der Waals surface area contributed by atoms with E-state index in [0.29, 0.717) is 0 Å². The fourth-order valence-electron chi connectivity index (χ4n) is 8.74. The number of rotatable bonds is 6. The van der Waals surface area contributed by atoms with Crippen molar-refractivity contribution in [2.75, 3.05) is 4.90 Å². The highest BCUT2D eigenvalue weighted by Crippen LogP contribution is 2.49. The van der Waals surface area contributed by atoms with Crippen LogP contribution in [0.2, 0.25) is 0 Å². The van der Waals surface area contributed by atoms with Crippen LogP contribution in [0.15, 0.2) is 212 Å². The van der Waals surface area contributed by atoms with Gasteiger partial charge in [0.15, 0.2) is 0 Å². The van der Waals surface area contributed by atoms with Gasteiger partial charge in [-0.05, 0) is 90.5 Å². The van der Waals surface area contributed by atoms with Crippen molar-refractivity contribution in [3.63, 3.8) is 0 Å². The van der Waals surface area contributed by atoms with Gasteiger partial charge < -0.3 is 4.90 Å². The standard InChI is InChI=1S/C54H35NS/c1-2-15-36(16-3-1)43-26-11-18-38-19-12-28-48(53(38)43)46-23-6-8-30-50(46)55(51-31-14-29-49-47-24-7-9-32-52(47)56-54(49)51)40-21-10-20-39(35-40)42-25-13-27-44-41-22-5-4-17-37(41)33-34-45(42)44/h1-35H. The quantitative estimate of drug-likeness (QED) is 0.154. The zero-order chi connectivity index (χ0) is 37.0. The highest BCUT2D eigenvalue weighted by Gasteiger charge is 2.23. The minimum absolute atomic E-state index is 1.11. The second kappa shape index (κ2) is 13.4. The van der Waals surface area contributed by atoms with Crippen LogP contribution < -0.4 is 4.90 Å². The number of anilines is 3. The Bertz CT molecular complexity index is 3260. The third kappa shape index (κ3) is 5.30. The predicted molar refractivity (Wildman–Crippen MR) is 243 cm³/mol. The molecule has 10 aromatic carbocycles. The van der Waals surface area contributed by atoms with E-state index >= 15 is 0 Å². The van der Waals surface area contributed by atoms with Crippen molar-refractivity contribution in [1.82, 2.24) is 0 Å². The van der Waals surface area contributed by atoms with Gasteiger partial charge >= 0.3 is 0 Å². The zero-order valence-electron chi connectivity index (χ0n) is 30.6. The van der Waals surface area contributed by atoms with E-state index < -0.39 is 0 Å². The molecule has 0 aliphatic carbocycles. The lowest BCUT2D eigenvalue weighted by Crippen LogP contribution is -2.11. The molecule has 11 aromatic rings. The number of fused-ring (bicyclic) bond motifs is 7. The minimum atomic E-state index is 1.11. The lowest BCUT2D eigenvalue weighted by molar-refractivity contribution is 1.30. The molecule has 262 valence electrons. The smallest absolute Gasteiger partial charge is 0.0640 e. The van der Waals surface area contributed by atoms with Gasteiger partial charge in [0, 0.05) is 26.7 Å². The van der Waals surface area contributed by atoms with E-state index in [1.165, 1.54) is 91.6 Å². The molecule has 2 heteroatoms. The Labute approximate surface area is 330 Å². The van der Waals surface area contributed by atoms with Crippen LogP contribution in [0.1, 0.15) is 0 Å². The van der Waals surface area contributed by atoms with Crippen LogP contribution in [0.5, 0.6) is 0 Å². The maximum absolute atomic E-state index is 2.50. The molecule has 0 radical (unpaired) electrons. The van der Waals surface area contributed by atoms with Crippen molar-refractivity contribution in [2.45, 2.75) is 0 Å². The number of hydrogen-bond acceptors (Lipinski definition) is 2. The highest BCUT2D eigenvalue weighted by molar-refractivity contribution is 7.26. The van der Waals surface area contributed by atoms with E-state index in [4.69, 9.17) is 0 Å². The first-order chi connectivity index (χ1) is 27.8. The average Bonchev–Trinajstić information content (AvgIpc) is 3.66. The normalized spacial score (nSPS) is 11.6. The molecule has 0 fully saturated rings. The molecular weight excluding hydrogens is 695 g/mol. The lowest BCUT2D eigenvalue weighted by atomic mass is 9.90. The number of thiophene rings is 1. The minimum Gasteiger partial charge on any atom is -0.308 e. The fraction of sp³-hybridized carbons (Fsp3) is 0. The van der Waals surface area contributed by atoms with Crippen LogP contribution in [0.4, 0.5) is 17.1 Å². The van der Waals surface area contributed by atoms with Crippen LogP contribution in [0.3, 0.4) is 0 Å². The third-order valence-corrected chi connectivity index (χ3v) is 12.5.